The minimum atomic E-state index is -3.52. The van der Waals surface area contributed by atoms with Gasteiger partial charge < -0.3 is 15.5 Å². The first-order chi connectivity index (χ1) is 13.6. The average molecular weight is 409 g/mol. The predicted molar refractivity (Wildman–Crippen MR) is 111 cm³/mol. The summed E-state index contributed by atoms with van der Waals surface area (Å²) in [7, 11) is -1.79. The molecule has 1 saturated heterocycles. The molecule has 1 aliphatic carbocycles. The second-order valence-electron chi connectivity index (χ2n) is 7.48. The van der Waals surface area contributed by atoms with Crippen LogP contribution in [0.4, 0.5) is 0 Å². The van der Waals surface area contributed by atoms with Gasteiger partial charge in [-0.1, -0.05) is 12.8 Å². The molecule has 1 aromatic rings. The van der Waals surface area contributed by atoms with E-state index in [9.17, 15) is 8.42 Å². The maximum Gasteiger partial charge on any atom is 0.242 e. The topological polar surface area (TPSA) is 98.7 Å². The first-order valence-electron chi connectivity index (χ1n) is 10.2. The molecule has 2 fully saturated rings. The summed E-state index contributed by atoms with van der Waals surface area (Å²) in [6, 6.07) is 4.35. The van der Waals surface area contributed by atoms with Crippen LogP contribution in [0.5, 0.6) is 0 Å². The maximum atomic E-state index is 12.2. The van der Waals surface area contributed by atoms with Crippen LogP contribution in [0.2, 0.25) is 0 Å². The molecule has 0 amide bonds. The van der Waals surface area contributed by atoms with E-state index in [4.69, 9.17) is 0 Å². The smallest absolute Gasteiger partial charge is 0.242 e. The zero-order valence-electron chi connectivity index (χ0n) is 16.6. The zero-order chi connectivity index (χ0) is 19.8. The van der Waals surface area contributed by atoms with Crippen LogP contribution in [0.3, 0.4) is 0 Å². The molecule has 3 rings (SSSR count). The van der Waals surface area contributed by atoms with Crippen LogP contribution >= 0.6 is 0 Å². The van der Waals surface area contributed by atoms with Gasteiger partial charge in [0.25, 0.3) is 0 Å². The molecule has 1 aliphatic heterocycles. The molecule has 28 heavy (non-hydrogen) atoms. The van der Waals surface area contributed by atoms with Gasteiger partial charge in [0.15, 0.2) is 5.96 Å². The summed E-state index contributed by atoms with van der Waals surface area (Å²) in [6.45, 7) is 3.02. The van der Waals surface area contributed by atoms with E-state index in [0.29, 0.717) is 12.6 Å². The fourth-order valence-corrected chi connectivity index (χ4v) is 5.02. The van der Waals surface area contributed by atoms with Gasteiger partial charge in [0, 0.05) is 57.7 Å². The molecule has 0 atom stereocenters. The van der Waals surface area contributed by atoms with E-state index in [2.05, 4.69) is 30.2 Å². The minimum absolute atomic E-state index is 0.173. The van der Waals surface area contributed by atoms with Crippen molar-refractivity contribution in [2.75, 3.05) is 33.2 Å². The summed E-state index contributed by atoms with van der Waals surface area (Å²) in [5.41, 5.74) is 0. The molecule has 8 nitrogen and oxygen atoms in total. The molecule has 0 unspecified atom stereocenters. The maximum absolute atomic E-state index is 12.2. The largest absolute Gasteiger partial charge is 0.355 e. The van der Waals surface area contributed by atoms with Gasteiger partial charge in [0.2, 0.25) is 10.0 Å². The van der Waals surface area contributed by atoms with Crippen molar-refractivity contribution in [1.29, 1.82) is 0 Å². The Morgan fingerprint density at radius 3 is 2.61 bits per heavy atom. The van der Waals surface area contributed by atoms with E-state index >= 15 is 0 Å². The third-order valence-electron chi connectivity index (χ3n) is 5.59. The van der Waals surface area contributed by atoms with E-state index in [-0.39, 0.29) is 11.4 Å². The van der Waals surface area contributed by atoms with Crippen molar-refractivity contribution in [3.63, 3.8) is 0 Å². The lowest BCUT2D eigenvalue weighted by Crippen LogP contribution is -2.51. The molecule has 9 heteroatoms. The van der Waals surface area contributed by atoms with Gasteiger partial charge in [-0.3, -0.25) is 9.98 Å². The van der Waals surface area contributed by atoms with E-state index in [1.54, 1.807) is 19.3 Å². The van der Waals surface area contributed by atoms with Crippen LogP contribution in [-0.4, -0.2) is 69.6 Å². The lowest BCUT2D eigenvalue weighted by Gasteiger charge is -2.36. The summed E-state index contributed by atoms with van der Waals surface area (Å²) in [5.74, 6) is 0.722. The van der Waals surface area contributed by atoms with Crippen molar-refractivity contribution in [3.8, 4) is 0 Å². The molecule has 0 spiro atoms. The molecular weight excluding hydrogens is 376 g/mol. The molecule has 2 heterocycles. The Labute approximate surface area is 168 Å². The fraction of sp³-hybridized carbons (Fsp3) is 0.684. The molecule has 0 bridgehead atoms. The van der Waals surface area contributed by atoms with Crippen molar-refractivity contribution in [2.45, 2.75) is 55.5 Å². The van der Waals surface area contributed by atoms with E-state index in [0.717, 1.165) is 37.9 Å². The first-order valence-corrected chi connectivity index (χ1v) is 11.7. The number of nitrogens with one attached hydrogen (secondary N) is 3. The SMILES string of the molecule is CN=C(NCCNS(=O)(=O)c1cccnc1)NC1CCN(C2CCCC2)CC1. The highest BCUT2D eigenvalue weighted by molar-refractivity contribution is 7.89. The zero-order valence-corrected chi connectivity index (χ0v) is 17.4. The minimum Gasteiger partial charge on any atom is -0.355 e. The predicted octanol–water partition coefficient (Wildman–Crippen LogP) is 0.932. The van der Waals surface area contributed by atoms with Crippen LogP contribution < -0.4 is 15.4 Å². The first kappa shape index (κ1) is 21.0. The molecule has 0 radical (unpaired) electrons. The van der Waals surface area contributed by atoms with Crippen molar-refractivity contribution in [2.24, 2.45) is 4.99 Å². The Bertz CT molecular complexity index is 726. The molecule has 2 aliphatic rings. The summed E-state index contributed by atoms with van der Waals surface area (Å²) in [5, 5.41) is 6.66. The summed E-state index contributed by atoms with van der Waals surface area (Å²) >= 11 is 0. The average Bonchev–Trinajstić information content (AvgIpc) is 3.26. The van der Waals surface area contributed by atoms with E-state index in [1.165, 1.54) is 37.9 Å². The third kappa shape index (κ3) is 5.89. The number of hydrogen-bond acceptors (Lipinski definition) is 5. The number of likely N-dealkylation sites (tertiary alicyclic amines) is 1. The van der Waals surface area contributed by atoms with E-state index in [1.807, 2.05) is 0 Å². The molecule has 156 valence electrons. The van der Waals surface area contributed by atoms with Crippen LogP contribution in [-0.2, 0) is 10.0 Å². The molecule has 1 aromatic heterocycles. The normalized spacial score (nSPS) is 20.4. The van der Waals surface area contributed by atoms with Gasteiger partial charge >= 0.3 is 0 Å². The number of guanidine groups is 1. The van der Waals surface area contributed by atoms with Crippen molar-refractivity contribution in [3.05, 3.63) is 24.5 Å². The number of aromatic nitrogens is 1. The molecule has 1 saturated carbocycles. The summed E-state index contributed by atoms with van der Waals surface area (Å²) in [6.07, 6.45) is 10.6. The fourth-order valence-electron chi connectivity index (χ4n) is 4.02. The van der Waals surface area contributed by atoms with Gasteiger partial charge in [0.1, 0.15) is 4.90 Å². The Morgan fingerprint density at radius 2 is 1.96 bits per heavy atom. The van der Waals surface area contributed by atoms with Gasteiger partial charge in [-0.05, 0) is 37.8 Å². The van der Waals surface area contributed by atoms with Crippen LogP contribution in [0, 0.1) is 0 Å². The molecule has 3 N–H and O–H groups in total. The number of piperidine rings is 1. The van der Waals surface area contributed by atoms with Crippen LogP contribution in [0.25, 0.3) is 0 Å². The standard InChI is InChI=1S/C19H32N6O2S/c1-20-19(22-11-12-23-28(26,27)18-7-4-10-21-15-18)24-16-8-13-25(14-9-16)17-5-2-3-6-17/h4,7,10,15-17,23H,2-3,5-6,8-9,11-14H2,1H3,(H2,20,22,24). The van der Waals surface area contributed by atoms with Gasteiger partial charge in [-0.2, -0.15) is 0 Å². The van der Waals surface area contributed by atoms with E-state index < -0.39 is 10.0 Å². The lowest BCUT2D eigenvalue weighted by molar-refractivity contribution is 0.150. The second kappa shape index (κ2) is 10.2. The lowest BCUT2D eigenvalue weighted by atomic mass is 10.0. The quantitative estimate of drug-likeness (QED) is 0.353. The molecular formula is C19H32N6O2S. The number of sulfonamides is 1. The van der Waals surface area contributed by atoms with Gasteiger partial charge in [0.05, 0.1) is 0 Å². The van der Waals surface area contributed by atoms with Gasteiger partial charge in [-0.25, -0.2) is 13.1 Å². The Hall–Kier alpha value is -1.71. The van der Waals surface area contributed by atoms with Crippen molar-refractivity contribution < 1.29 is 8.42 Å². The highest BCUT2D eigenvalue weighted by Gasteiger charge is 2.27. The Balaban J connectivity index is 1.36. The summed E-state index contributed by atoms with van der Waals surface area (Å²) in [4.78, 5) is 10.9. The highest BCUT2D eigenvalue weighted by Crippen LogP contribution is 2.26. The van der Waals surface area contributed by atoms with Crippen molar-refractivity contribution >= 4 is 16.0 Å². The second-order valence-corrected chi connectivity index (χ2v) is 9.25. The van der Waals surface area contributed by atoms with Crippen LogP contribution in [0.15, 0.2) is 34.4 Å². The third-order valence-corrected chi connectivity index (χ3v) is 7.04. The highest BCUT2D eigenvalue weighted by atomic mass is 32.2. The number of pyridine rings is 1. The summed E-state index contributed by atoms with van der Waals surface area (Å²) < 4.78 is 26.9. The Kier molecular flexibility index (Phi) is 7.64. The number of hydrogen-bond donors (Lipinski definition) is 3. The number of aliphatic imine (C=N–C) groups is 1. The van der Waals surface area contributed by atoms with Gasteiger partial charge in [-0.15, -0.1) is 0 Å². The van der Waals surface area contributed by atoms with Crippen molar-refractivity contribution in [1.82, 2.24) is 25.2 Å². The molecule has 0 aromatic carbocycles. The number of rotatable bonds is 7. The number of nitrogens with zero attached hydrogens (tertiary/aromatic N) is 3. The monoisotopic (exact) mass is 408 g/mol. The Morgan fingerprint density at radius 1 is 1.21 bits per heavy atom. The van der Waals surface area contributed by atoms with Crippen LogP contribution in [0.1, 0.15) is 38.5 Å².